The molecule has 0 amide bonds. The maximum absolute atomic E-state index is 5.30. The molecule has 1 unspecified atom stereocenters. The summed E-state index contributed by atoms with van der Waals surface area (Å²) in [6, 6.07) is 8.39. The lowest BCUT2D eigenvalue weighted by molar-refractivity contribution is 0.197. The molecule has 0 heterocycles. The quantitative estimate of drug-likeness (QED) is 0.667. The van der Waals surface area contributed by atoms with Gasteiger partial charge < -0.3 is 14.8 Å². The fourth-order valence-electron chi connectivity index (χ4n) is 2.52. The lowest BCUT2D eigenvalue weighted by Gasteiger charge is -2.20. The fourth-order valence-corrected chi connectivity index (χ4v) is 2.52. The summed E-state index contributed by atoms with van der Waals surface area (Å²) in [5.74, 6) is 2.31. The average Bonchev–Trinajstić information content (AvgIpc) is 2.43. The third-order valence-electron chi connectivity index (χ3n) is 3.38. The van der Waals surface area contributed by atoms with Gasteiger partial charge in [0.1, 0.15) is 5.75 Å². The van der Waals surface area contributed by atoms with Crippen LogP contribution in [0.1, 0.15) is 25.8 Å². The molecule has 0 aromatic heterocycles. The van der Waals surface area contributed by atoms with Crippen molar-refractivity contribution in [3.05, 3.63) is 29.8 Å². The molecule has 1 N–H and O–H groups in total. The fraction of sp³-hybridized carbons (Fsp3) is 0.647. The molecule has 3 nitrogen and oxygen atoms in total. The molecule has 0 aliphatic rings. The van der Waals surface area contributed by atoms with E-state index >= 15 is 0 Å². The Morgan fingerprint density at radius 1 is 1.20 bits per heavy atom. The van der Waals surface area contributed by atoms with Crippen molar-refractivity contribution < 1.29 is 9.47 Å². The van der Waals surface area contributed by atoms with Crippen molar-refractivity contribution in [2.45, 2.75) is 26.7 Å². The molecular formula is C17H29NO2. The second-order valence-electron chi connectivity index (χ2n) is 5.75. The summed E-state index contributed by atoms with van der Waals surface area (Å²) in [5, 5.41) is 3.48. The second-order valence-corrected chi connectivity index (χ2v) is 5.75. The van der Waals surface area contributed by atoms with Crippen LogP contribution < -0.4 is 10.1 Å². The van der Waals surface area contributed by atoms with Gasteiger partial charge in [0.15, 0.2) is 0 Å². The minimum atomic E-state index is 0.652. The van der Waals surface area contributed by atoms with Gasteiger partial charge in [0.25, 0.3) is 0 Å². The minimum Gasteiger partial charge on any atom is -0.497 e. The number of nitrogens with one attached hydrogen (secondary N) is 1. The van der Waals surface area contributed by atoms with Crippen molar-refractivity contribution in [3.63, 3.8) is 0 Å². The summed E-state index contributed by atoms with van der Waals surface area (Å²) in [6.07, 6.45) is 2.33. The number of hydrogen-bond acceptors (Lipinski definition) is 3. The Bertz CT molecular complexity index is 366. The molecule has 0 saturated heterocycles. The summed E-state index contributed by atoms with van der Waals surface area (Å²) in [7, 11) is 3.46. The molecule has 0 aliphatic heterocycles. The number of rotatable bonds is 10. The van der Waals surface area contributed by atoms with Gasteiger partial charge >= 0.3 is 0 Å². The molecule has 0 bridgehead atoms. The third-order valence-corrected chi connectivity index (χ3v) is 3.38. The first kappa shape index (κ1) is 17.0. The Balaban J connectivity index is 2.53. The third kappa shape index (κ3) is 6.92. The molecule has 3 heteroatoms. The molecular weight excluding hydrogens is 250 g/mol. The Morgan fingerprint density at radius 2 is 2.00 bits per heavy atom. The van der Waals surface area contributed by atoms with Crippen LogP contribution >= 0.6 is 0 Å². The van der Waals surface area contributed by atoms with Gasteiger partial charge in [-0.1, -0.05) is 26.0 Å². The lowest BCUT2D eigenvalue weighted by Crippen LogP contribution is -2.28. The van der Waals surface area contributed by atoms with Crippen LogP contribution in [0, 0.1) is 11.8 Å². The van der Waals surface area contributed by atoms with Crippen LogP contribution in [0.3, 0.4) is 0 Å². The van der Waals surface area contributed by atoms with E-state index in [2.05, 4.69) is 37.4 Å². The predicted octanol–water partition coefficient (Wildman–Crippen LogP) is 3.14. The monoisotopic (exact) mass is 279 g/mol. The van der Waals surface area contributed by atoms with Gasteiger partial charge in [0, 0.05) is 13.7 Å². The molecule has 114 valence electrons. The molecule has 0 spiro atoms. The van der Waals surface area contributed by atoms with Crippen molar-refractivity contribution in [2.24, 2.45) is 11.8 Å². The highest BCUT2D eigenvalue weighted by Crippen LogP contribution is 2.20. The molecule has 1 atom stereocenters. The first-order valence-corrected chi connectivity index (χ1v) is 7.48. The highest BCUT2D eigenvalue weighted by Gasteiger charge is 2.12. The van der Waals surface area contributed by atoms with Crippen LogP contribution in [-0.4, -0.2) is 33.9 Å². The van der Waals surface area contributed by atoms with Crippen LogP contribution in [-0.2, 0) is 11.2 Å². The molecule has 0 aliphatic carbocycles. The zero-order valence-electron chi connectivity index (χ0n) is 13.3. The van der Waals surface area contributed by atoms with Gasteiger partial charge in [-0.15, -0.1) is 0 Å². The predicted molar refractivity (Wildman–Crippen MR) is 84.4 cm³/mol. The highest BCUT2D eigenvalue weighted by atomic mass is 16.5. The average molecular weight is 279 g/mol. The number of benzene rings is 1. The first-order chi connectivity index (χ1) is 9.65. The SMILES string of the molecule is COCCNCC(Cc1cccc(OC)c1)CC(C)C. The van der Waals surface area contributed by atoms with Gasteiger partial charge in [-0.25, -0.2) is 0 Å². The summed E-state index contributed by atoms with van der Waals surface area (Å²) >= 11 is 0. The van der Waals surface area contributed by atoms with Crippen LogP contribution in [0.15, 0.2) is 24.3 Å². The van der Waals surface area contributed by atoms with E-state index in [4.69, 9.17) is 9.47 Å². The van der Waals surface area contributed by atoms with Crippen LogP contribution in [0.25, 0.3) is 0 Å². The largest absolute Gasteiger partial charge is 0.497 e. The second kappa shape index (κ2) is 9.78. The maximum atomic E-state index is 5.30. The van der Waals surface area contributed by atoms with Crippen LogP contribution in [0.2, 0.25) is 0 Å². The zero-order valence-corrected chi connectivity index (χ0v) is 13.3. The van der Waals surface area contributed by atoms with Gasteiger partial charge in [-0.2, -0.15) is 0 Å². The van der Waals surface area contributed by atoms with Gasteiger partial charge in [-0.05, 0) is 48.9 Å². The van der Waals surface area contributed by atoms with Gasteiger partial charge in [-0.3, -0.25) is 0 Å². The standard InChI is InChI=1S/C17H29NO2/c1-14(2)10-16(13-18-8-9-19-3)11-15-6-5-7-17(12-15)20-4/h5-7,12,14,16,18H,8-11,13H2,1-4H3. The van der Waals surface area contributed by atoms with Gasteiger partial charge in [0.2, 0.25) is 0 Å². The van der Waals surface area contributed by atoms with Crippen molar-refractivity contribution in [1.82, 2.24) is 5.32 Å². The maximum Gasteiger partial charge on any atom is 0.119 e. The molecule has 0 saturated carbocycles. The summed E-state index contributed by atoms with van der Waals surface area (Å²) in [4.78, 5) is 0. The van der Waals surface area contributed by atoms with E-state index in [0.29, 0.717) is 5.92 Å². The molecule has 1 aromatic rings. The smallest absolute Gasteiger partial charge is 0.119 e. The number of ether oxygens (including phenoxy) is 2. The topological polar surface area (TPSA) is 30.5 Å². The zero-order chi connectivity index (χ0) is 14.8. The summed E-state index contributed by atoms with van der Waals surface area (Å²) in [5.41, 5.74) is 1.35. The lowest BCUT2D eigenvalue weighted by atomic mass is 9.91. The van der Waals surface area contributed by atoms with Crippen LogP contribution in [0.5, 0.6) is 5.75 Å². The summed E-state index contributed by atoms with van der Waals surface area (Å²) < 4.78 is 10.4. The van der Waals surface area contributed by atoms with Crippen molar-refractivity contribution >= 4 is 0 Å². The Morgan fingerprint density at radius 3 is 2.65 bits per heavy atom. The summed E-state index contributed by atoms with van der Waals surface area (Å²) in [6.45, 7) is 7.30. The molecule has 0 radical (unpaired) electrons. The van der Waals surface area contributed by atoms with E-state index in [1.165, 1.54) is 12.0 Å². The van der Waals surface area contributed by atoms with Crippen LogP contribution in [0.4, 0.5) is 0 Å². The van der Waals surface area contributed by atoms with E-state index in [-0.39, 0.29) is 0 Å². The van der Waals surface area contributed by atoms with E-state index in [1.54, 1.807) is 14.2 Å². The van der Waals surface area contributed by atoms with Gasteiger partial charge in [0.05, 0.1) is 13.7 Å². The molecule has 0 fully saturated rings. The van der Waals surface area contributed by atoms with E-state index < -0.39 is 0 Å². The number of methoxy groups -OCH3 is 2. The Kier molecular flexibility index (Phi) is 8.31. The Labute approximate surface area is 123 Å². The molecule has 1 aromatic carbocycles. The van der Waals surface area contributed by atoms with Crippen molar-refractivity contribution in [2.75, 3.05) is 33.9 Å². The van der Waals surface area contributed by atoms with E-state index in [1.807, 2.05) is 6.07 Å². The van der Waals surface area contributed by atoms with E-state index in [0.717, 1.165) is 37.8 Å². The van der Waals surface area contributed by atoms with Crippen molar-refractivity contribution in [1.29, 1.82) is 0 Å². The normalized spacial score (nSPS) is 12.7. The first-order valence-electron chi connectivity index (χ1n) is 7.48. The molecule has 20 heavy (non-hydrogen) atoms. The number of hydrogen-bond donors (Lipinski definition) is 1. The van der Waals surface area contributed by atoms with Crippen molar-refractivity contribution in [3.8, 4) is 5.75 Å². The molecule has 1 rings (SSSR count). The Hall–Kier alpha value is -1.06. The van der Waals surface area contributed by atoms with E-state index in [9.17, 15) is 0 Å². The minimum absolute atomic E-state index is 0.652. The highest BCUT2D eigenvalue weighted by molar-refractivity contribution is 5.28.